The first kappa shape index (κ1) is 42.1. The van der Waals surface area contributed by atoms with Gasteiger partial charge < -0.3 is 19.3 Å². The molecule has 2 unspecified atom stereocenters. The SMILES string of the molecule is C=C/C(=C\C=C\C)N(C1=CCC2C(=C1)c1ccccc1N2c1ccccc1)c1ccc(-c2ccc(N(C(/C=C\CC)=C/C)C3C=Cc4c(c5ccccc5n4-c4ccccc4)C3)cc2)cc1. The number of aromatic nitrogens is 1. The van der Waals surface area contributed by atoms with Crippen molar-refractivity contribution in [1.29, 1.82) is 0 Å². The van der Waals surface area contributed by atoms with Gasteiger partial charge in [-0.25, -0.2) is 0 Å². The third-order valence-corrected chi connectivity index (χ3v) is 13.2. The number of benzene rings is 6. The molecule has 0 bridgehead atoms. The number of nitrogens with zero attached hydrogens (tertiary/aromatic N) is 4. The van der Waals surface area contributed by atoms with E-state index in [0.29, 0.717) is 0 Å². The van der Waals surface area contributed by atoms with Crippen LogP contribution in [-0.2, 0) is 6.42 Å². The number of rotatable bonds is 13. The summed E-state index contributed by atoms with van der Waals surface area (Å²) in [5, 5.41) is 1.31. The molecule has 4 nitrogen and oxygen atoms in total. The maximum absolute atomic E-state index is 4.29. The number of anilines is 4. The molecule has 2 heterocycles. The van der Waals surface area contributed by atoms with E-state index in [1.807, 2.05) is 6.08 Å². The summed E-state index contributed by atoms with van der Waals surface area (Å²) in [5.74, 6) is 0. The van der Waals surface area contributed by atoms with E-state index in [1.165, 1.54) is 72.9 Å². The second kappa shape index (κ2) is 18.7. The summed E-state index contributed by atoms with van der Waals surface area (Å²) < 4.78 is 2.41. The van der Waals surface area contributed by atoms with Gasteiger partial charge in [0.15, 0.2) is 0 Å². The van der Waals surface area contributed by atoms with E-state index < -0.39 is 0 Å². The van der Waals surface area contributed by atoms with Crippen molar-refractivity contribution in [2.75, 3.05) is 14.7 Å². The summed E-state index contributed by atoms with van der Waals surface area (Å²) in [5.41, 5.74) is 18.1. The van der Waals surface area contributed by atoms with Gasteiger partial charge in [0, 0.05) is 62.2 Å². The summed E-state index contributed by atoms with van der Waals surface area (Å²) in [7, 11) is 0. The van der Waals surface area contributed by atoms with Crippen LogP contribution >= 0.6 is 0 Å². The van der Waals surface area contributed by atoms with E-state index >= 15 is 0 Å². The second-order valence-corrected chi connectivity index (χ2v) is 17.0. The Morgan fingerprint density at radius 3 is 2.09 bits per heavy atom. The van der Waals surface area contributed by atoms with E-state index in [2.05, 4.69) is 265 Å². The van der Waals surface area contributed by atoms with Gasteiger partial charge in [0.2, 0.25) is 0 Å². The molecule has 0 fully saturated rings. The lowest BCUT2D eigenvalue weighted by Crippen LogP contribution is -2.35. The van der Waals surface area contributed by atoms with Crippen molar-refractivity contribution < 1.29 is 0 Å². The predicted octanol–water partition coefficient (Wildman–Crippen LogP) is 16.0. The van der Waals surface area contributed by atoms with Crippen LogP contribution in [0.5, 0.6) is 0 Å². The average Bonchev–Trinajstić information content (AvgIpc) is 3.89. The number of fused-ring (bicyclic) bond motifs is 6. The minimum Gasteiger partial charge on any atom is -0.335 e. The van der Waals surface area contributed by atoms with Crippen LogP contribution in [-0.4, -0.2) is 16.7 Å². The highest BCUT2D eigenvalue weighted by Gasteiger charge is 2.36. The Kier molecular flexibility index (Phi) is 12.0. The molecular weight excluding hydrogens is 801 g/mol. The van der Waals surface area contributed by atoms with Crippen molar-refractivity contribution in [2.24, 2.45) is 0 Å². The van der Waals surface area contributed by atoms with Crippen LogP contribution in [0.1, 0.15) is 50.4 Å². The topological polar surface area (TPSA) is 14.7 Å². The van der Waals surface area contributed by atoms with Gasteiger partial charge in [-0.05, 0) is 146 Å². The van der Waals surface area contributed by atoms with Crippen LogP contribution in [0, 0.1) is 0 Å². The third-order valence-electron chi connectivity index (χ3n) is 13.2. The van der Waals surface area contributed by atoms with Crippen LogP contribution in [0.3, 0.4) is 0 Å². The molecule has 2 aliphatic carbocycles. The maximum atomic E-state index is 4.29. The average molecular weight is 857 g/mol. The van der Waals surface area contributed by atoms with Gasteiger partial charge in [-0.1, -0.05) is 147 Å². The van der Waals surface area contributed by atoms with Crippen molar-refractivity contribution >= 4 is 45.3 Å². The molecule has 0 saturated heterocycles. The highest BCUT2D eigenvalue weighted by Crippen LogP contribution is 2.49. The normalized spacial score (nSPS) is 16.9. The molecular formula is C62H56N4. The molecule has 0 amide bonds. The molecule has 0 N–H and O–H groups in total. The van der Waals surface area contributed by atoms with Gasteiger partial charge in [0.1, 0.15) is 0 Å². The molecule has 10 rings (SSSR count). The molecule has 1 aromatic heterocycles. The van der Waals surface area contributed by atoms with Gasteiger partial charge in [-0.3, -0.25) is 0 Å². The van der Waals surface area contributed by atoms with Crippen LogP contribution < -0.4 is 14.7 Å². The number of hydrogen-bond acceptors (Lipinski definition) is 3. The Bertz CT molecular complexity index is 3100. The Labute approximate surface area is 390 Å². The summed E-state index contributed by atoms with van der Waals surface area (Å²) in [4.78, 5) is 7.35. The molecule has 0 saturated carbocycles. The Morgan fingerprint density at radius 2 is 1.39 bits per heavy atom. The van der Waals surface area contributed by atoms with Crippen molar-refractivity contribution in [3.63, 3.8) is 0 Å². The lowest BCUT2D eigenvalue weighted by molar-refractivity contribution is 0.745. The van der Waals surface area contributed by atoms with Crippen molar-refractivity contribution in [2.45, 2.75) is 52.1 Å². The van der Waals surface area contributed by atoms with E-state index in [-0.39, 0.29) is 12.1 Å². The predicted molar refractivity (Wildman–Crippen MR) is 282 cm³/mol. The van der Waals surface area contributed by atoms with Gasteiger partial charge in [0.25, 0.3) is 0 Å². The molecule has 6 aromatic carbocycles. The Hall–Kier alpha value is -7.82. The van der Waals surface area contributed by atoms with Gasteiger partial charge in [-0.15, -0.1) is 0 Å². The first-order chi connectivity index (χ1) is 32.6. The van der Waals surface area contributed by atoms with Crippen LogP contribution in [0.25, 0.3) is 39.4 Å². The van der Waals surface area contributed by atoms with E-state index in [4.69, 9.17) is 0 Å². The van der Waals surface area contributed by atoms with Crippen molar-refractivity contribution in [3.8, 4) is 16.8 Å². The standard InChI is InChI=1S/C62H56N4/c1-5-9-21-47(7-3)63(53-39-41-61-57(43-53)55-27-17-19-29-59(55)65(61)49-23-13-11-14-24-49)51-35-31-45(32-36-51)46-33-37-52(38-34-46)64(48(8-4)22-10-6-2)54-40-42-62-58(44-54)56-28-18-20-30-60(56)66(62)50-25-15-12-16-26-50/h5,7-40,42-43,54,61H,3,6,41,44H2,1-2,4H3/b9-5+,22-10-,47-21+,48-8+. The molecule has 324 valence electrons. The summed E-state index contributed by atoms with van der Waals surface area (Å²) in [6.07, 6.45) is 27.3. The second-order valence-electron chi connectivity index (χ2n) is 17.0. The smallest absolute Gasteiger partial charge is 0.0634 e. The highest BCUT2D eigenvalue weighted by molar-refractivity contribution is 5.95. The Balaban J connectivity index is 0.962. The first-order valence-corrected chi connectivity index (χ1v) is 23.4. The number of allylic oxidation sites excluding steroid dienone is 8. The lowest BCUT2D eigenvalue weighted by atomic mass is 9.93. The van der Waals surface area contributed by atoms with Crippen molar-refractivity contribution in [3.05, 3.63) is 259 Å². The lowest BCUT2D eigenvalue weighted by Gasteiger charge is -2.35. The van der Waals surface area contributed by atoms with E-state index in [0.717, 1.165) is 36.3 Å². The van der Waals surface area contributed by atoms with Crippen molar-refractivity contribution in [1.82, 2.24) is 4.57 Å². The largest absolute Gasteiger partial charge is 0.335 e. The first-order valence-electron chi connectivity index (χ1n) is 23.4. The summed E-state index contributed by atoms with van der Waals surface area (Å²) in [6, 6.07) is 57.6. The molecule has 0 spiro atoms. The summed E-state index contributed by atoms with van der Waals surface area (Å²) >= 11 is 0. The number of hydrogen-bond donors (Lipinski definition) is 0. The molecule has 2 atom stereocenters. The fourth-order valence-electron chi connectivity index (χ4n) is 10.1. The van der Waals surface area contributed by atoms with E-state index in [1.54, 1.807) is 0 Å². The Morgan fingerprint density at radius 1 is 0.727 bits per heavy atom. The molecule has 7 aromatic rings. The maximum Gasteiger partial charge on any atom is 0.0634 e. The zero-order valence-electron chi connectivity index (χ0n) is 38.1. The zero-order chi connectivity index (χ0) is 45.0. The van der Waals surface area contributed by atoms with Gasteiger partial charge >= 0.3 is 0 Å². The molecule has 3 aliphatic rings. The van der Waals surface area contributed by atoms with Gasteiger partial charge in [-0.2, -0.15) is 0 Å². The van der Waals surface area contributed by atoms with Gasteiger partial charge in [0.05, 0.1) is 17.6 Å². The van der Waals surface area contributed by atoms with Crippen LogP contribution in [0.2, 0.25) is 0 Å². The minimum atomic E-state index is 0.129. The summed E-state index contributed by atoms with van der Waals surface area (Å²) in [6.45, 7) is 10.7. The number of para-hydroxylation sites is 4. The fraction of sp³-hybridized carbons (Fsp3) is 0.129. The van der Waals surface area contributed by atoms with Crippen LogP contribution in [0.15, 0.2) is 242 Å². The highest BCUT2D eigenvalue weighted by atomic mass is 15.2. The fourth-order valence-corrected chi connectivity index (χ4v) is 10.1. The zero-order valence-corrected chi connectivity index (χ0v) is 38.1. The molecule has 66 heavy (non-hydrogen) atoms. The quantitative estimate of drug-likeness (QED) is 0.107. The minimum absolute atomic E-state index is 0.129. The molecule has 1 aliphatic heterocycles. The molecule has 4 heteroatoms. The molecule has 0 radical (unpaired) electrons. The van der Waals surface area contributed by atoms with Crippen LogP contribution in [0.4, 0.5) is 22.7 Å². The monoisotopic (exact) mass is 856 g/mol. The third kappa shape index (κ3) is 7.79. The van der Waals surface area contributed by atoms with E-state index in [9.17, 15) is 0 Å².